The lowest BCUT2D eigenvalue weighted by Crippen LogP contribution is -2.12. The van der Waals surface area contributed by atoms with Gasteiger partial charge in [0.1, 0.15) is 10.6 Å². The number of alkyl halides is 2. The molecule has 0 atom stereocenters. The largest absolute Gasteiger partial charge is 0.281 e. The maximum Gasteiger partial charge on any atom is 0.281 e. The topological polar surface area (TPSA) is 59.9 Å². The third kappa shape index (κ3) is 3.66. The summed E-state index contributed by atoms with van der Waals surface area (Å²) in [4.78, 5) is 5.93. The first-order chi connectivity index (χ1) is 9.81. The van der Waals surface area contributed by atoms with Gasteiger partial charge in [-0.25, -0.2) is 27.2 Å². The molecule has 0 aliphatic carbocycles. The Labute approximate surface area is 129 Å². The summed E-state index contributed by atoms with van der Waals surface area (Å²) in [6.07, 6.45) is -3.14. The van der Waals surface area contributed by atoms with Gasteiger partial charge in [-0.15, -0.1) is 0 Å². The summed E-state index contributed by atoms with van der Waals surface area (Å²) >= 11 is 11.1. The van der Waals surface area contributed by atoms with Crippen LogP contribution in [0.4, 0.5) is 8.78 Å². The van der Waals surface area contributed by atoms with E-state index in [4.69, 9.17) is 23.2 Å². The van der Waals surface area contributed by atoms with Crippen molar-refractivity contribution in [2.75, 3.05) is 0 Å². The molecular formula is C12H8Cl2F2N2O2S. The summed E-state index contributed by atoms with van der Waals surface area (Å²) in [6, 6.07) is 8.10. The fourth-order valence-corrected chi connectivity index (χ4v) is 3.99. The predicted molar refractivity (Wildman–Crippen MR) is 74.3 cm³/mol. The predicted octanol–water partition coefficient (Wildman–Crippen LogP) is 3.69. The van der Waals surface area contributed by atoms with E-state index in [1.165, 1.54) is 0 Å². The summed E-state index contributed by atoms with van der Waals surface area (Å²) in [5.41, 5.74) is -0.556. The van der Waals surface area contributed by atoms with Gasteiger partial charge in [-0.2, -0.15) is 0 Å². The van der Waals surface area contributed by atoms with E-state index in [-0.39, 0.29) is 0 Å². The van der Waals surface area contributed by atoms with Crippen molar-refractivity contribution in [2.24, 2.45) is 0 Å². The first-order valence-corrected chi connectivity index (χ1v) is 8.00. The van der Waals surface area contributed by atoms with Crippen LogP contribution < -0.4 is 0 Å². The molecule has 21 heavy (non-hydrogen) atoms. The standard InChI is InChI=1S/C12H8Cl2F2N2O2S/c13-10-9(8(11(15)16)17-12(14)18-10)21(19,20)6-7-4-2-1-3-5-7/h1-5,11H,6H2. The third-order valence-corrected chi connectivity index (χ3v) is 4.83. The Kier molecular flexibility index (Phi) is 4.75. The van der Waals surface area contributed by atoms with Crippen molar-refractivity contribution in [2.45, 2.75) is 17.1 Å². The van der Waals surface area contributed by atoms with Crippen LogP contribution in [0, 0.1) is 0 Å². The van der Waals surface area contributed by atoms with Crippen molar-refractivity contribution in [1.82, 2.24) is 9.97 Å². The van der Waals surface area contributed by atoms with E-state index in [1.54, 1.807) is 30.3 Å². The minimum atomic E-state index is -4.13. The van der Waals surface area contributed by atoms with Crippen LogP contribution in [0.5, 0.6) is 0 Å². The van der Waals surface area contributed by atoms with Gasteiger partial charge in [0.2, 0.25) is 5.28 Å². The second-order valence-corrected chi connectivity index (χ2v) is 6.67. The number of hydrogen-bond donors (Lipinski definition) is 0. The average Bonchev–Trinajstić information content (AvgIpc) is 2.37. The van der Waals surface area contributed by atoms with Crippen molar-refractivity contribution in [1.29, 1.82) is 0 Å². The summed E-state index contributed by atoms with van der Waals surface area (Å²) in [6.45, 7) is 0. The monoisotopic (exact) mass is 352 g/mol. The van der Waals surface area contributed by atoms with Crippen LogP contribution in [0.15, 0.2) is 35.2 Å². The molecule has 0 aliphatic rings. The fourth-order valence-electron chi connectivity index (χ4n) is 1.71. The summed E-state index contributed by atoms with van der Waals surface area (Å²) in [7, 11) is -4.13. The second kappa shape index (κ2) is 6.21. The molecule has 112 valence electrons. The first-order valence-electron chi connectivity index (χ1n) is 5.59. The quantitative estimate of drug-likeness (QED) is 0.621. The van der Waals surface area contributed by atoms with E-state index in [0.717, 1.165) is 0 Å². The molecule has 0 aliphatic heterocycles. The van der Waals surface area contributed by atoms with E-state index in [2.05, 4.69) is 9.97 Å². The van der Waals surface area contributed by atoms with Crippen LogP contribution in [0.25, 0.3) is 0 Å². The van der Waals surface area contributed by atoms with Gasteiger partial charge < -0.3 is 0 Å². The zero-order valence-corrected chi connectivity index (χ0v) is 12.6. The molecule has 0 N–H and O–H groups in total. The van der Waals surface area contributed by atoms with E-state index in [0.29, 0.717) is 5.56 Å². The van der Waals surface area contributed by atoms with Gasteiger partial charge in [0, 0.05) is 0 Å². The molecule has 0 fully saturated rings. The zero-order valence-electron chi connectivity index (χ0n) is 10.3. The van der Waals surface area contributed by atoms with E-state index in [9.17, 15) is 17.2 Å². The molecule has 1 aromatic carbocycles. The Morgan fingerprint density at radius 3 is 2.29 bits per heavy atom. The zero-order chi connectivity index (χ0) is 15.6. The number of nitrogens with zero attached hydrogens (tertiary/aromatic N) is 2. The molecule has 1 heterocycles. The first kappa shape index (κ1) is 16.1. The summed E-state index contributed by atoms with van der Waals surface area (Å²) in [5.74, 6) is -0.488. The van der Waals surface area contributed by atoms with Crippen molar-refractivity contribution >= 4 is 33.0 Å². The van der Waals surface area contributed by atoms with Crippen LogP contribution in [0.2, 0.25) is 10.4 Å². The second-order valence-electron chi connectivity index (χ2n) is 4.04. The van der Waals surface area contributed by atoms with Crippen LogP contribution >= 0.6 is 23.2 Å². The van der Waals surface area contributed by atoms with Gasteiger partial charge in [0.25, 0.3) is 6.43 Å². The molecule has 0 saturated carbocycles. The molecule has 0 unspecified atom stereocenters. The number of benzene rings is 1. The molecule has 0 bridgehead atoms. The molecule has 0 radical (unpaired) electrons. The molecule has 9 heteroatoms. The van der Waals surface area contributed by atoms with Crippen LogP contribution in [0.1, 0.15) is 17.7 Å². The van der Waals surface area contributed by atoms with Crippen LogP contribution in [-0.2, 0) is 15.6 Å². The van der Waals surface area contributed by atoms with Crippen molar-refractivity contribution in [3.8, 4) is 0 Å². The Morgan fingerprint density at radius 1 is 1.10 bits per heavy atom. The smallest absolute Gasteiger partial charge is 0.223 e. The minimum Gasteiger partial charge on any atom is -0.223 e. The molecule has 0 saturated heterocycles. The van der Waals surface area contributed by atoms with Crippen LogP contribution in [-0.4, -0.2) is 18.4 Å². The van der Waals surface area contributed by atoms with Gasteiger partial charge in [-0.1, -0.05) is 41.9 Å². The Morgan fingerprint density at radius 2 is 1.71 bits per heavy atom. The number of sulfone groups is 1. The molecule has 2 rings (SSSR count). The van der Waals surface area contributed by atoms with E-state index < -0.39 is 43.0 Å². The van der Waals surface area contributed by atoms with Gasteiger partial charge in [0.15, 0.2) is 15.0 Å². The SMILES string of the molecule is O=S(=O)(Cc1ccccc1)c1c(Cl)nc(Cl)nc1C(F)F. The van der Waals surface area contributed by atoms with E-state index in [1.807, 2.05) is 0 Å². The van der Waals surface area contributed by atoms with Crippen molar-refractivity contribution in [3.63, 3.8) is 0 Å². The highest BCUT2D eigenvalue weighted by Crippen LogP contribution is 2.32. The lowest BCUT2D eigenvalue weighted by atomic mass is 10.2. The molecule has 4 nitrogen and oxygen atoms in total. The number of hydrogen-bond acceptors (Lipinski definition) is 4. The average molecular weight is 353 g/mol. The van der Waals surface area contributed by atoms with Crippen LogP contribution in [0.3, 0.4) is 0 Å². The molecule has 1 aromatic heterocycles. The number of halogens is 4. The molecule has 0 amide bonds. The fraction of sp³-hybridized carbons (Fsp3) is 0.167. The summed E-state index contributed by atoms with van der Waals surface area (Å²) < 4.78 is 50.6. The maximum atomic E-state index is 13.0. The minimum absolute atomic E-state index is 0.434. The van der Waals surface area contributed by atoms with Gasteiger partial charge in [-0.3, -0.25) is 0 Å². The Bertz CT molecular complexity index is 755. The highest BCUT2D eigenvalue weighted by atomic mass is 35.5. The number of aromatic nitrogens is 2. The molecule has 2 aromatic rings. The van der Waals surface area contributed by atoms with Gasteiger partial charge >= 0.3 is 0 Å². The maximum absolute atomic E-state index is 13.0. The highest BCUT2D eigenvalue weighted by molar-refractivity contribution is 7.90. The van der Waals surface area contributed by atoms with Crippen molar-refractivity contribution < 1.29 is 17.2 Å². The normalized spacial score (nSPS) is 11.9. The van der Waals surface area contributed by atoms with Gasteiger partial charge in [0.05, 0.1) is 5.75 Å². The summed E-state index contributed by atoms with van der Waals surface area (Å²) in [5, 5.41) is -1.14. The van der Waals surface area contributed by atoms with E-state index >= 15 is 0 Å². The molecular weight excluding hydrogens is 345 g/mol. The molecule has 0 spiro atoms. The highest BCUT2D eigenvalue weighted by Gasteiger charge is 2.30. The Balaban J connectivity index is 2.54. The third-order valence-electron chi connectivity index (χ3n) is 2.54. The lowest BCUT2D eigenvalue weighted by molar-refractivity contribution is 0.142. The lowest BCUT2D eigenvalue weighted by Gasteiger charge is -2.11. The Hall–Kier alpha value is -1.31. The van der Waals surface area contributed by atoms with Crippen molar-refractivity contribution in [3.05, 3.63) is 52.0 Å². The van der Waals surface area contributed by atoms with Gasteiger partial charge in [-0.05, 0) is 17.2 Å². The number of rotatable bonds is 4.